The zero-order valence-electron chi connectivity index (χ0n) is 13.8. The largest absolute Gasteiger partial charge is 0.449 e. The third-order valence-corrected chi connectivity index (χ3v) is 4.68. The van der Waals surface area contributed by atoms with Crippen molar-refractivity contribution in [2.75, 3.05) is 25.0 Å². The zero-order chi connectivity index (χ0) is 18.2. The minimum absolute atomic E-state index is 0.0291. The van der Waals surface area contributed by atoms with E-state index in [2.05, 4.69) is 15.6 Å². The Hall–Kier alpha value is -2.10. The summed E-state index contributed by atoms with van der Waals surface area (Å²) in [7, 11) is 0. The van der Waals surface area contributed by atoms with Crippen molar-refractivity contribution in [2.45, 2.75) is 39.0 Å². The molecule has 3 heterocycles. The molecule has 0 radical (unpaired) electrons. The second-order valence-electron chi connectivity index (χ2n) is 6.33. The van der Waals surface area contributed by atoms with Crippen LogP contribution >= 0.6 is 0 Å². The van der Waals surface area contributed by atoms with Gasteiger partial charge in [0.05, 0.1) is 5.69 Å². The second-order valence-corrected chi connectivity index (χ2v) is 6.33. The second kappa shape index (κ2) is 6.66. The van der Waals surface area contributed by atoms with Crippen molar-refractivity contribution in [2.24, 2.45) is 5.92 Å². The smallest absolute Gasteiger partial charge is 0.343 e. The number of halogens is 3. The van der Waals surface area contributed by atoms with E-state index in [0.717, 1.165) is 4.57 Å². The van der Waals surface area contributed by atoms with E-state index in [1.54, 1.807) is 4.90 Å². The summed E-state index contributed by atoms with van der Waals surface area (Å²) in [6, 6.07) is 0. The topological polar surface area (TPSA) is 79.3 Å². The number of rotatable bonds is 2. The lowest BCUT2D eigenvalue weighted by atomic mass is 9.96. The number of fused-ring (bicyclic) bond motifs is 1. The number of imidazole rings is 1. The van der Waals surface area contributed by atoms with Crippen molar-refractivity contribution in [3.63, 3.8) is 0 Å². The molecule has 25 heavy (non-hydrogen) atoms. The highest BCUT2D eigenvalue weighted by atomic mass is 19.4. The van der Waals surface area contributed by atoms with Crippen molar-refractivity contribution >= 4 is 17.6 Å². The first-order valence-corrected chi connectivity index (χ1v) is 8.21. The van der Waals surface area contributed by atoms with Gasteiger partial charge in [0, 0.05) is 45.6 Å². The van der Waals surface area contributed by atoms with Gasteiger partial charge in [-0.15, -0.1) is 0 Å². The molecule has 2 amide bonds. The number of hydrogen-bond acceptors (Lipinski definition) is 4. The predicted octanol–water partition coefficient (Wildman–Crippen LogP) is 1.20. The van der Waals surface area contributed by atoms with Crippen LogP contribution in [0.1, 0.15) is 31.3 Å². The summed E-state index contributed by atoms with van der Waals surface area (Å²) in [6.45, 7) is 3.23. The number of alkyl halides is 3. The average molecular weight is 359 g/mol. The lowest BCUT2D eigenvalue weighted by molar-refractivity contribution is -0.147. The third-order valence-electron chi connectivity index (χ3n) is 4.68. The Morgan fingerprint density at radius 3 is 2.52 bits per heavy atom. The lowest BCUT2D eigenvalue weighted by Crippen LogP contribution is -2.40. The standard InChI is InChI=1S/C15H20F3N5O2/c1-9(24)22-5-2-10(3-6-22)13(25)20-12-11-8-19-4-7-23(11)14(21-12)15(16,17)18/h10,19H,2-8H2,1H3,(H,20,25). The number of carbonyl (C=O) groups excluding carboxylic acids is 2. The molecule has 2 N–H and O–H groups in total. The molecule has 10 heteroatoms. The molecular formula is C15H20F3N5O2. The Morgan fingerprint density at radius 1 is 1.24 bits per heavy atom. The van der Waals surface area contributed by atoms with Gasteiger partial charge in [-0.3, -0.25) is 9.59 Å². The minimum Gasteiger partial charge on any atom is -0.343 e. The summed E-state index contributed by atoms with van der Waals surface area (Å²) in [5, 5.41) is 5.56. The quantitative estimate of drug-likeness (QED) is 0.832. The molecule has 138 valence electrons. The van der Waals surface area contributed by atoms with Gasteiger partial charge in [-0.2, -0.15) is 13.2 Å². The summed E-state index contributed by atoms with van der Waals surface area (Å²) < 4.78 is 40.6. The molecule has 0 bridgehead atoms. The van der Waals surface area contributed by atoms with E-state index >= 15 is 0 Å². The van der Waals surface area contributed by atoms with Gasteiger partial charge in [0.25, 0.3) is 0 Å². The van der Waals surface area contributed by atoms with E-state index < -0.39 is 12.0 Å². The number of likely N-dealkylation sites (tertiary alicyclic amines) is 1. The van der Waals surface area contributed by atoms with Crippen LogP contribution in [0, 0.1) is 5.92 Å². The third kappa shape index (κ3) is 3.63. The Balaban J connectivity index is 1.74. The maximum absolute atomic E-state index is 13.1. The van der Waals surface area contributed by atoms with Crippen molar-refractivity contribution in [3.05, 3.63) is 11.5 Å². The number of nitrogens with one attached hydrogen (secondary N) is 2. The fraction of sp³-hybridized carbons (Fsp3) is 0.667. The Kier molecular flexibility index (Phi) is 4.72. The van der Waals surface area contributed by atoms with Crippen molar-refractivity contribution in [1.82, 2.24) is 19.8 Å². The van der Waals surface area contributed by atoms with Crippen molar-refractivity contribution in [3.8, 4) is 0 Å². The average Bonchev–Trinajstić information content (AvgIpc) is 2.94. The molecule has 1 aromatic rings. The number of amides is 2. The Morgan fingerprint density at radius 2 is 1.92 bits per heavy atom. The predicted molar refractivity (Wildman–Crippen MR) is 82.5 cm³/mol. The molecule has 0 aliphatic carbocycles. The van der Waals surface area contributed by atoms with Crippen LogP contribution in [0.5, 0.6) is 0 Å². The number of hydrogen-bond donors (Lipinski definition) is 2. The molecule has 0 spiro atoms. The highest BCUT2D eigenvalue weighted by Crippen LogP contribution is 2.33. The SMILES string of the molecule is CC(=O)N1CCC(C(=O)Nc2nc(C(F)(F)F)n3c2CNCC3)CC1. The monoisotopic (exact) mass is 359 g/mol. The molecule has 1 aromatic heterocycles. The maximum Gasteiger partial charge on any atom is 0.449 e. The first kappa shape index (κ1) is 17.7. The highest BCUT2D eigenvalue weighted by Gasteiger charge is 2.40. The van der Waals surface area contributed by atoms with Crippen LogP contribution in [0.25, 0.3) is 0 Å². The van der Waals surface area contributed by atoms with Crippen LogP contribution in [0.2, 0.25) is 0 Å². The van der Waals surface area contributed by atoms with Gasteiger partial charge in [-0.25, -0.2) is 4.98 Å². The van der Waals surface area contributed by atoms with Gasteiger partial charge < -0.3 is 20.1 Å². The van der Waals surface area contributed by atoms with Crippen LogP contribution < -0.4 is 10.6 Å². The number of aromatic nitrogens is 2. The summed E-state index contributed by atoms with van der Waals surface area (Å²) in [5.74, 6) is -1.73. The molecule has 2 aliphatic rings. The molecule has 3 rings (SSSR count). The molecule has 1 saturated heterocycles. The van der Waals surface area contributed by atoms with Crippen LogP contribution in [-0.2, 0) is 28.9 Å². The molecule has 0 saturated carbocycles. The van der Waals surface area contributed by atoms with Crippen molar-refractivity contribution < 1.29 is 22.8 Å². The first-order valence-electron chi connectivity index (χ1n) is 8.21. The van der Waals surface area contributed by atoms with Gasteiger partial charge >= 0.3 is 6.18 Å². The molecule has 0 atom stereocenters. The van der Waals surface area contributed by atoms with Crippen LogP contribution in [-0.4, -0.2) is 45.9 Å². The molecule has 1 fully saturated rings. The van der Waals surface area contributed by atoms with E-state index in [1.807, 2.05) is 0 Å². The molecule has 0 unspecified atom stereocenters. The van der Waals surface area contributed by atoms with Gasteiger partial charge in [0.15, 0.2) is 5.82 Å². The highest BCUT2D eigenvalue weighted by molar-refractivity contribution is 5.92. The van der Waals surface area contributed by atoms with E-state index in [9.17, 15) is 22.8 Å². The van der Waals surface area contributed by atoms with Crippen LogP contribution in [0.3, 0.4) is 0 Å². The lowest BCUT2D eigenvalue weighted by Gasteiger charge is -2.30. The molecule has 0 aromatic carbocycles. The Bertz CT molecular complexity index is 677. The van der Waals surface area contributed by atoms with E-state index in [1.165, 1.54) is 6.92 Å². The Labute approximate surface area is 142 Å². The molecular weight excluding hydrogens is 339 g/mol. The van der Waals surface area contributed by atoms with Gasteiger partial charge in [0.2, 0.25) is 17.6 Å². The summed E-state index contributed by atoms with van der Waals surface area (Å²) in [6.07, 6.45) is -3.58. The van der Waals surface area contributed by atoms with E-state index in [4.69, 9.17) is 0 Å². The number of nitrogens with zero attached hydrogens (tertiary/aromatic N) is 3. The van der Waals surface area contributed by atoms with E-state index in [-0.39, 0.29) is 36.6 Å². The fourth-order valence-electron chi connectivity index (χ4n) is 3.30. The summed E-state index contributed by atoms with van der Waals surface area (Å²) in [4.78, 5) is 29.0. The number of piperidine rings is 1. The first-order chi connectivity index (χ1) is 11.8. The zero-order valence-corrected chi connectivity index (χ0v) is 13.8. The molecule has 7 nitrogen and oxygen atoms in total. The van der Waals surface area contributed by atoms with Gasteiger partial charge in [0.1, 0.15) is 0 Å². The summed E-state index contributed by atoms with van der Waals surface area (Å²) >= 11 is 0. The van der Waals surface area contributed by atoms with E-state index in [0.29, 0.717) is 38.2 Å². The van der Waals surface area contributed by atoms with Gasteiger partial charge in [-0.1, -0.05) is 0 Å². The van der Waals surface area contributed by atoms with Crippen LogP contribution in [0.4, 0.5) is 19.0 Å². The maximum atomic E-state index is 13.1. The van der Waals surface area contributed by atoms with Crippen LogP contribution in [0.15, 0.2) is 0 Å². The fourth-order valence-corrected chi connectivity index (χ4v) is 3.30. The number of carbonyl (C=O) groups is 2. The normalized spacial score (nSPS) is 18.8. The minimum atomic E-state index is -4.57. The summed E-state index contributed by atoms with van der Waals surface area (Å²) in [5.41, 5.74) is 0.341. The number of anilines is 1. The van der Waals surface area contributed by atoms with Gasteiger partial charge in [-0.05, 0) is 12.8 Å². The van der Waals surface area contributed by atoms with Crippen molar-refractivity contribution in [1.29, 1.82) is 0 Å². The molecule has 2 aliphatic heterocycles.